The lowest BCUT2D eigenvalue weighted by atomic mass is 9.85. The maximum absolute atomic E-state index is 12.7. The molecule has 2 saturated carbocycles. The minimum Gasteiger partial charge on any atom is -0.381 e. The number of amides is 1. The fraction of sp³-hybridized carbons (Fsp3) is 0.882. The Labute approximate surface area is 142 Å². The maximum Gasteiger partial charge on any atom is 0.222 e. The average Bonchev–Trinajstić information content (AvgIpc) is 3.14. The number of nitrogens with zero attached hydrogens (tertiary/aromatic N) is 4. The van der Waals surface area contributed by atoms with Crippen molar-refractivity contribution in [3.8, 4) is 0 Å². The van der Waals surface area contributed by atoms with Crippen molar-refractivity contribution in [1.29, 1.82) is 0 Å². The molecule has 0 bridgehead atoms. The van der Waals surface area contributed by atoms with Crippen LogP contribution < -0.4 is 5.32 Å². The topological polar surface area (TPSA) is 81.9 Å². The largest absolute Gasteiger partial charge is 0.381 e. The molecule has 7 heteroatoms. The Balaban J connectivity index is 1.34. The van der Waals surface area contributed by atoms with E-state index in [4.69, 9.17) is 4.74 Å². The van der Waals surface area contributed by atoms with Crippen LogP contribution in [-0.2, 0) is 15.1 Å². The Kier molecular flexibility index (Phi) is 4.52. The second-order valence-electron chi connectivity index (χ2n) is 7.74. The van der Waals surface area contributed by atoms with Gasteiger partial charge < -0.3 is 10.1 Å². The van der Waals surface area contributed by atoms with Crippen LogP contribution >= 0.6 is 0 Å². The van der Waals surface area contributed by atoms with Gasteiger partial charge in [0, 0.05) is 19.3 Å². The van der Waals surface area contributed by atoms with E-state index in [0.29, 0.717) is 31.6 Å². The van der Waals surface area contributed by atoms with Gasteiger partial charge >= 0.3 is 0 Å². The van der Waals surface area contributed by atoms with Crippen LogP contribution in [0.2, 0.25) is 0 Å². The molecule has 2 heterocycles. The number of carbonyl (C=O) groups excluding carboxylic acids is 1. The van der Waals surface area contributed by atoms with Gasteiger partial charge in [0.1, 0.15) is 6.33 Å². The molecule has 2 unspecified atom stereocenters. The molecular formula is C17H27N5O2. The standard InChI is InChI=1S/C17H27N5O2/c23-16(19-15-10-14(15)13-4-2-1-3-5-13)11-17(6-8-24-9-7-17)22-12-18-20-21-22/h12-15H,1-11H2,(H,19,23). The van der Waals surface area contributed by atoms with Crippen molar-refractivity contribution >= 4 is 5.91 Å². The van der Waals surface area contributed by atoms with E-state index in [1.54, 1.807) is 11.0 Å². The molecule has 1 N–H and O–H groups in total. The van der Waals surface area contributed by atoms with E-state index in [0.717, 1.165) is 25.2 Å². The van der Waals surface area contributed by atoms with Crippen molar-refractivity contribution < 1.29 is 9.53 Å². The van der Waals surface area contributed by atoms with Crippen molar-refractivity contribution in [2.45, 2.75) is 69.4 Å². The number of hydrogen-bond donors (Lipinski definition) is 1. The number of hydrogen-bond acceptors (Lipinski definition) is 5. The highest BCUT2D eigenvalue weighted by Gasteiger charge is 2.45. The third-order valence-corrected chi connectivity index (χ3v) is 6.19. The lowest BCUT2D eigenvalue weighted by Crippen LogP contribution is -2.44. The molecule has 1 saturated heterocycles. The summed E-state index contributed by atoms with van der Waals surface area (Å²) >= 11 is 0. The van der Waals surface area contributed by atoms with E-state index < -0.39 is 0 Å². The molecule has 1 aromatic heterocycles. The average molecular weight is 333 g/mol. The molecule has 4 rings (SSSR count). The van der Waals surface area contributed by atoms with Gasteiger partial charge in [0.25, 0.3) is 0 Å². The zero-order valence-corrected chi connectivity index (χ0v) is 14.2. The van der Waals surface area contributed by atoms with Gasteiger partial charge in [0.15, 0.2) is 0 Å². The smallest absolute Gasteiger partial charge is 0.222 e. The molecule has 0 spiro atoms. The Bertz CT molecular complexity index is 549. The monoisotopic (exact) mass is 333 g/mol. The van der Waals surface area contributed by atoms with Crippen molar-refractivity contribution in [2.75, 3.05) is 13.2 Å². The van der Waals surface area contributed by atoms with Crippen molar-refractivity contribution in [3.63, 3.8) is 0 Å². The van der Waals surface area contributed by atoms with Gasteiger partial charge in [-0.05, 0) is 41.5 Å². The molecular weight excluding hydrogens is 306 g/mol. The van der Waals surface area contributed by atoms with Crippen LogP contribution in [0.1, 0.15) is 57.8 Å². The summed E-state index contributed by atoms with van der Waals surface area (Å²) in [5.41, 5.74) is -0.332. The Morgan fingerprint density at radius 3 is 2.75 bits per heavy atom. The van der Waals surface area contributed by atoms with E-state index in [9.17, 15) is 4.79 Å². The maximum atomic E-state index is 12.7. The van der Waals surface area contributed by atoms with E-state index in [1.807, 2.05) is 0 Å². The number of ether oxygens (including phenoxy) is 1. The highest BCUT2D eigenvalue weighted by atomic mass is 16.5. The van der Waals surface area contributed by atoms with Gasteiger partial charge in [-0.3, -0.25) is 4.79 Å². The predicted molar refractivity (Wildman–Crippen MR) is 87.1 cm³/mol. The normalized spacial score (nSPS) is 30.0. The molecule has 7 nitrogen and oxygen atoms in total. The summed E-state index contributed by atoms with van der Waals surface area (Å²) in [6.07, 6.45) is 11.6. The molecule has 1 amide bonds. The molecule has 1 aliphatic heterocycles. The first kappa shape index (κ1) is 16.0. The minimum atomic E-state index is -0.332. The van der Waals surface area contributed by atoms with Crippen LogP contribution in [-0.4, -0.2) is 45.4 Å². The van der Waals surface area contributed by atoms with E-state index >= 15 is 0 Å². The summed E-state index contributed by atoms with van der Waals surface area (Å²) in [6.45, 7) is 1.31. The number of carbonyl (C=O) groups is 1. The summed E-state index contributed by atoms with van der Waals surface area (Å²) in [4.78, 5) is 12.7. The predicted octanol–water partition coefficient (Wildman–Crippen LogP) is 1.65. The molecule has 2 atom stereocenters. The highest BCUT2D eigenvalue weighted by Crippen LogP contribution is 2.44. The number of tetrazole rings is 1. The second-order valence-corrected chi connectivity index (χ2v) is 7.74. The lowest BCUT2D eigenvalue weighted by molar-refractivity contribution is -0.125. The Hall–Kier alpha value is -1.50. The molecule has 3 aliphatic rings. The van der Waals surface area contributed by atoms with Crippen molar-refractivity contribution in [3.05, 3.63) is 6.33 Å². The molecule has 2 aliphatic carbocycles. The molecule has 24 heavy (non-hydrogen) atoms. The molecule has 0 aromatic carbocycles. The van der Waals surface area contributed by atoms with Crippen molar-refractivity contribution in [2.24, 2.45) is 11.8 Å². The molecule has 132 valence electrons. The van der Waals surface area contributed by atoms with Crippen LogP contribution in [0.5, 0.6) is 0 Å². The van der Waals surface area contributed by atoms with Crippen LogP contribution in [0, 0.1) is 11.8 Å². The fourth-order valence-corrected chi connectivity index (χ4v) is 4.64. The summed E-state index contributed by atoms with van der Waals surface area (Å²) in [7, 11) is 0. The van der Waals surface area contributed by atoms with Gasteiger partial charge in [-0.15, -0.1) is 5.10 Å². The Morgan fingerprint density at radius 2 is 2.04 bits per heavy atom. The van der Waals surface area contributed by atoms with Gasteiger partial charge in [0.2, 0.25) is 5.91 Å². The number of rotatable bonds is 5. The zero-order chi connectivity index (χ0) is 16.4. The van der Waals surface area contributed by atoms with E-state index in [1.165, 1.54) is 32.1 Å². The SMILES string of the molecule is O=C(CC1(n2cnnn2)CCOCC1)NC1CC1C1CCCCC1. The van der Waals surface area contributed by atoms with Crippen LogP contribution in [0.25, 0.3) is 0 Å². The molecule has 3 fully saturated rings. The summed E-state index contributed by atoms with van der Waals surface area (Å²) < 4.78 is 7.25. The summed E-state index contributed by atoms with van der Waals surface area (Å²) in [5, 5.41) is 14.9. The van der Waals surface area contributed by atoms with Crippen molar-refractivity contribution in [1.82, 2.24) is 25.5 Å². The first-order valence-corrected chi connectivity index (χ1v) is 9.37. The Morgan fingerprint density at radius 1 is 1.25 bits per heavy atom. The van der Waals surface area contributed by atoms with Gasteiger partial charge in [-0.1, -0.05) is 32.1 Å². The fourth-order valence-electron chi connectivity index (χ4n) is 4.64. The van der Waals surface area contributed by atoms with Gasteiger partial charge in [-0.2, -0.15) is 0 Å². The van der Waals surface area contributed by atoms with Crippen LogP contribution in [0.3, 0.4) is 0 Å². The summed E-state index contributed by atoms with van der Waals surface area (Å²) in [5.74, 6) is 1.68. The molecule has 0 radical (unpaired) electrons. The third-order valence-electron chi connectivity index (χ3n) is 6.19. The minimum absolute atomic E-state index is 0.135. The van der Waals surface area contributed by atoms with E-state index in [2.05, 4.69) is 20.8 Å². The second kappa shape index (κ2) is 6.78. The van der Waals surface area contributed by atoms with E-state index in [-0.39, 0.29) is 11.4 Å². The van der Waals surface area contributed by atoms with Gasteiger partial charge in [-0.25, -0.2) is 4.68 Å². The lowest BCUT2D eigenvalue weighted by Gasteiger charge is -2.36. The third kappa shape index (κ3) is 3.31. The zero-order valence-electron chi connectivity index (χ0n) is 14.2. The first-order chi connectivity index (χ1) is 11.8. The van der Waals surface area contributed by atoms with Crippen LogP contribution in [0.15, 0.2) is 6.33 Å². The van der Waals surface area contributed by atoms with Crippen LogP contribution in [0.4, 0.5) is 0 Å². The highest BCUT2D eigenvalue weighted by molar-refractivity contribution is 5.77. The number of nitrogens with one attached hydrogen (secondary N) is 1. The summed E-state index contributed by atoms with van der Waals surface area (Å²) in [6, 6.07) is 0.395. The molecule has 1 aromatic rings. The van der Waals surface area contributed by atoms with Gasteiger partial charge in [0.05, 0.1) is 12.0 Å². The first-order valence-electron chi connectivity index (χ1n) is 9.37. The quantitative estimate of drug-likeness (QED) is 0.886. The number of aromatic nitrogens is 4.